The molecule has 0 saturated carbocycles. The van der Waals surface area contributed by atoms with Crippen molar-refractivity contribution in [2.24, 2.45) is 0 Å². The number of hydrogen-bond donors (Lipinski definition) is 4. The maximum atomic E-state index is 13.2. The molecule has 2 atom stereocenters. The quantitative estimate of drug-likeness (QED) is 0.341. The summed E-state index contributed by atoms with van der Waals surface area (Å²) < 4.78 is 13.2. The fourth-order valence-corrected chi connectivity index (χ4v) is 5.21. The van der Waals surface area contributed by atoms with Gasteiger partial charge in [-0.25, -0.2) is 0 Å². The van der Waals surface area contributed by atoms with Crippen molar-refractivity contribution in [3.05, 3.63) is 102 Å². The molecule has 0 radical (unpaired) electrons. The molecule has 1 heterocycles. The Labute approximate surface area is 206 Å². The highest BCUT2D eigenvalue weighted by molar-refractivity contribution is 7.85. The normalized spacial score (nSPS) is 14.7. The highest BCUT2D eigenvalue weighted by Gasteiger charge is 2.23. The second-order valence-corrected chi connectivity index (χ2v) is 9.80. The summed E-state index contributed by atoms with van der Waals surface area (Å²) in [4.78, 5) is 24.5. The van der Waals surface area contributed by atoms with Gasteiger partial charge in [-0.1, -0.05) is 30.3 Å². The number of amides is 1. The SMILES string of the molecule is O=C(O)CC(c1ccccc1)S(=O)c1ccc(NC(=O)c2ccc(NC3=CCCCN3)cc2)cc1. The lowest BCUT2D eigenvalue weighted by Gasteiger charge is -2.17. The van der Waals surface area contributed by atoms with E-state index in [1.807, 2.05) is 18.2 Å². The number of carboxylic acid groups (broad SMARTS) is 1. The molecular weight excluding hydrogens is 462 g/mol. The van der Waals surface area contributed by atoms with Crippen LogP contribution in [0, 0.1) is 0 Å². The molecule has 0 spiro atoms. The molecule has 8 heteroatoms. The molecule has 180 valence electrons. The zero-order chi connectivity index (χ0) is 24.6. The number of carbonyl (C=O) groups excluding carboxylic acids is 1. The van der Waals surface area contributed by atoms with Gasteiger partial charge in [0, 0.05) is 28.4 Å². The molecule has 0 fully saturated rings. The van der Waals surface area contributed by atoms with Gasteiger partial charge in [0.2, 0.25) is 0 Å². The average Bonchev–Trinajstić information content (AvgIpc) is 2.89. The van der Waals surface area contributed by atoms with Gasteiger partial charge in [-0.15, -0.1) is 0 Å². The number of carbonyl (C=O) groups is 2. The van der Waals surface area contributed by atoms with E-state index in [9.17, 15) is 18.9 Å². The summed E-state index contributed by atoms with van der Waals surface area (Å²) in [6.07, 6.45) is 4.03. The number of hydrogen-bond acceptors (Lipinski definition) is 5. The first-order valence-electron chi connectivity index (χ1n) is 11.4. The number of anilines is 2. The number of allylic oxidation sites excluding steroid dienone is 1. The van der Waals surface area contributed by atoms with Crippen molar-refractivity contribution in [2.75, 3.05) is 17.2 Å². The number of benzene rings is 3. The molecule has 4 rings (SSSR count). The van der Waals surface area contributed by atoms with Crippen LogP contribution in [0.2, 0.25) is 0 Å². The Morgan fingerprint density at radius 1 is 0.943 bits per heavy atom. The number of nitrogens with one attached hydrogen (secondary N) is 3. The van der Waals surface area contributed by atoms with Crippen LogP contribution in [-0.2, 0) is 15.6 Å². The summed E-state index contributed by atoms with van der Waals surface area (Å²) in [7, 11) is -1.57. The summed E-state index contributed by atoms with van der Waals surface area (Å²) in [5.74, 6) is -0.290. The van der Waals surface area contributed by atoms with E-state index in [0.717, 1.165) is 30.9 Å². The van der Waals surface area contributed by atoms with E-state index in [1.54, 1.807) is 60.7 Å². The molecule has 0 aromatic heterocycles. The standard InChI is InChI=1S/C27H27N3O4S/c31-26(32)18-24(19-6-2-1-3-7-19)35(34)23-15-13-22(14-16-23)30-27(33)20-9-11-21(12-10-20)29-25-8-4-5-17-28-25/h1-3,6-16,24,28-29H,4-5,17-18H2,(H,30,33)(H,31,32). The molecule has 2 unspecified atom stereocenters. The second-order valence-electron chi connectivity index (χ2n) is 8.16. The lowest BCUT2D eigenvalue weighted by atomic mass is 10.1. The van der Waals surface area contributed by atoms with Gasteiger partial charge in [0.1, 0.15) is 0 Å². The summed E-state index contributed by atoms with van der Waals surface area (Å²) >= 11 is 0. The van der Waals surface area contributed by atoms with Gasteiger partial charge in [-0.05, 0) is 73.0 Å². The van der Waals surface area contributed by atoms with E-state index in [0.29, 0.717) is 21.7 Å². The molecule has 0 saturated heterocycles. The van der Waals surface area contributed by atoms with Gasteiger partial charge in [0.25, 0.3) is 5.91 Å². The molecule has 3 aromatic carbocycles. The Morgan fingerprint density at radius 2 is 1.63 bits per heavy atom. The largest absolute Gasteiger partial charge is 0.481 e. The second kappa shape index (κ2) is 11.5. The van der Waals surface area contributed by atoms with Gasteiger partial charge in [0.15, 0.2) is 0 Å². The van der Waals surface area contributed by atoms with E-state index in [-0.39, 0.29) is 12.3 Å². The van der Waals surface area contributed by atoms with Crippen LogP contribution in [0.25, 0.3) is 0 Å². The molecule has 7 nitrogen and oxygen atoms in total. The van der Waals surface area contributed by atoms with Crippen molar-refractivity contribution in [1.29, 1.82) is 0 Å². The van der Waals surface area contributed by atoms with Gasteiger partial charge >= 0.3 is 5.97 Å². The monoisotopic (exact) mass is 489 g/mol. The molecule has 35 heavy (non-hydrogen) atoms. The highest BCUT2D eigenvalue weighted by Crippen LogP contribution is 2.29. The first-order chi connectivity index (χ1) is 17.0. The minimum Gasteiger partial charge on any atom is -0.481 e. The lowest BCUT2D eigenvalue weighted by Crippen LogP contribution is -2.23. The van der Waals surface area contributed by atoms with Crippen LogP contribution in [0.5, 0.6) is 0 Å². The highest BCUT2D eigenvalue weighted by atomic mass is 32.2. The zero-order valence-electron chi connectivity index (χ0n) is 19.1. The first-order valence-corrected chi connectivity index (χ1v) is 12.6. The third-order valence-corrected chi connectivity index (χ3v) is 7.30. The van der Waals surface area contributed by atoms with E-state index in [1.165, 1.54) is 0 Å². The van der Waals surface area contributed by atoms with Crippen LogP contribution in [0.1, 0.15) is 40.4 Å². The predicted molar refractivity (Wildman–Crippen MR) is 138 cm³/mol. The van der Waals surface area contributed by atoms with Crippen LogP contribution in [0.4, 0.5) is 11.4 Å². The van der Waals surface area contributed by atoms with Crippen LogP contribution in [0.15, 0.2) is 95.7 Å². The third kappa shape index (κ3) is 6.58. The van der Waals surface area contributed by atoms with Crippen molar-refractivity contribution in [2.45, 2.75) is 29.4 Å². The van der Waals surface area contributed by atoms with Gasteiger partial charge in [0.05, 0.1) is 28.3 Å². The van der Waals surface area contributed by atoms with E-state index in [2.05, 4.69) is 22.0 Å². The maximum Gasteiger partial charge on any atom is 0.304 e. The van der Waals surface area contributed by atoms with Crippen LogP contribution < -0.4 is 16.0 Å². The summed E-state index contributed by atoms with van der Waals surface area (Å²) in [5.41, 5.74) is 2.67. The Balaban J connectivity index is 1.40. The van der Waals surface area contributed by atoms with E-state index < -0.39 is 22.0 Å². The summed E-state index contributed by atoms with van der Waals surface area (Å²) in [6, 6.07) is 22.8. The Kier molecular flexibility index (Phi) is 7.95. The molecule has 1 amide bonds. The summed E-state index contributed by atoms with van der Waals surface area (Å²) in [6.45, 7) is 0.943. The minimum absolute atomic E-state index is 0.243. The maximum absolute atomic E-state index is 13.2. The molecule has 3 aromatic rings. The van der Waals surface area contributed by atoms with Crippen molar-refractivity contribution in [3.63, 3.8) is 0 Å². The molecule has 0 bridgehead atoms. The number of carboxylic acids is 1. The Morgan fingerprint density at radius 3 is 2.26 bits per heavy atom. The Hall–Kier alpha value is -3.91. The average molecular weight is 490 g/mol. The van der Waals surface area contributed by atoms with Crippen molar-refractivity contribution in [1.82, 2.24) is 5.32 Å². The topological polar surface area (TPSA) is 108 Å². The predicted octanol–water partition coefficient (Wildman–Crippen LogP) is 4.90. The molecule has 4 N–H and O–H groups in total. The van der Waals surface area contributed by atoms with Gasteiger partial charge in [-0.2, -0.15) is 0 Å². The first kappa shape index (κ1) is 24.2. The fourth-order valence-electron chi connectivity index (χ4n) is 3.78. The number of aliphatic carboxylic acids is 1. The van der Waals surface area contributed by atoms with Crippen LogP contribution in [0.3, 0.4) is 0 Å². The summed E-state index contributed by atoms with van der Waals surface area (Å²) in [5, 5.41) is 18.1. The zero-order valence-corrected chi connectivity index (χ0v) is 19.9. The molecule has 1 aliphatic rings. The smallest absolute Gasteiger partial charge is 0.304 e. The lowest BCUT2D eigenvalue weighted by molar-refractivity contribution is -0.137. The van der Waals surface area contributed by atoms with Crippen LogP contribution in [-0.4, -0.2) is 27.7 Å². The van der Waals surface area contributed by atoms with Crippen molar-refractivity contribution >= 4 is 34.1 Å². The fraction of sp³-hybridized carbons (Fsp3) is 0.185. The van der Waals surface area contributed by atoms with Crippen molar-refractivity contribution in [3.8, 4) is 0 Å². The Bertz CT molecular complexity index is 1230. The number of rotatable bonds is 9. The molecular formula is C27H27N3O4S. The van der Waals surface area contributed by atoms with Gasteiger partial charge < -0.3 is 21.1 Å². The minimum atomic E-state index is -1.57. The van der Waals surface area contributed by atoms with Gasteiger partial charge in [-0.3, -0.25) is 13.8 Å². The van der Waals surface area contributed by atoms with E-state index in [4.69, 9.17) is 0 Å². The molecule has 1 aliphatic heterocycles. The third-order valence-electron chi connectivity index (χ3n) is 5.61. The van der Waals surface area contributed by atoms with Crippen LogP contribution >= 0.6 is 0 Å². The van der Waals surface area contributed by atoms with E-state index >= 15 is 0 Å². The molecule has 0 aliphatic carbocycles. The van der Waals surface area contributed by atoms with Crippen molar-refractivity contribution < 1.29 is 18.9 Å².